The van der Waals surface area contributed by atoms with E-state index in [2.05, 4.69) is 11.8 Å². The minimum Gasteiger partial charge on any atom is -0.388 e. The van der Waals surface area contributed by atoms with Crippen molar-refractivity contribution < 1.29 is 0 Å². The van der Waals surface area contributed by atoms with Crippen LogP contribution in [0, 0.1) is 10.8 Å². The summed E-state index contributed by atoms with van der Waals surface area (Å²) in [7, 11) is 0. The highest BCUT2D eigenvalue weighted by molar-refractivity contribution is 5.77. The maximum absolute atomic E-state index is 7.35. The van der Waals surface area contributed by atoms with Gasteiger partial charge in [0, 0.05) is 12.5 Å². The Bertz CT molecular complexity index is 246. The van der Waals surface area contributed by atoms with Crippen molar-refractivity contribution in [3.63, 3.8) is 0 Å². The Morgan fingerprint density at radius 3 is 2.31 bits per heavy atom. The van der Waals surface area contributed by atoms with E-state index in [0.29, 0.717) is 17.3 Å². The number of piperidine rings is 1. The van der Waals surface area contributed by atoms with E-state index in [9.17, 15) is 0 Å². The molecule has 16 heavy (non-hydrogen) atoms. The lowest BCUT2D eigenvalue weighted by molar-refractivity contribution is 0.0835. The molecule has 1 aliphatic carbocycles. The highest BCUT2D eigenvalue weighted by atomic mass is 15.2. The summed E-state index contributed by atoms with van der Waals surface area (Å²) in [5.41, 5.74) is 6.17. The van der Waals surface area contributed by atoms with E-state index in [0.717, 1.165) is 6.42 Å². The van der Waals surface area contributed by atoms with Gasteiger partial charge >= 0.3 is 0 Å². The summed E-state index contributed by atoms with van der Waals surface area (Å²) in [6.45, 7) is 4.64. The van der Waals surface area contributed by atoms with Gasteiger partial charge in [-0.25, -0.2) is 0 Å². The maximum atomic E-state index is 7.35. The SMILES string of the molecule is CC(CC(=N)N)N1CCC2(CCCC2)CC1. The average Bonchev–Trinajstić information content (AvgIpc) is 2.66. The molecule has 1 atom stereocenters. The van der Waals surface area contributed by atoms with Crippen LogP contribution in [0.5, 0.6) is 0 Å². The molecule has 3 nitrogen and oxygen atoms in total. The number of amidine groups is 1. The van der Waals surface area contributed by atoms with Gasteiger partial charge in [-0.05, 0) is 51.1 Å². The van der Waals surface area contributed by atoms with Crippen LogP contribution >= 0.6 is 0 Å². The van der Waals surface area contributed by atoms with Crippen LogP contribution in [-0.4, -0.2) is 29.9 Å². The molecule has 1 aliphatic heterocycles. The summed E-state index contributed by atoms with van der Waals surface area (Å²) in [5.74, 6) is 0.327. The second-order valence-electron chi connectivity index (χ2n) is 5.82. The lowest BCUT2D eigenvalue weighted by Gasteiger charge is -2.41. The number of nitrogens with zero attached hydrogens (tertiary/aromatic N) is 1. The Balaban J connectivity index is 1.82. The smallest absolute Gasteiger partial charge is 0.0920 e. The predicted molar refractivity (Wildman–Crippen MR) is 67.7 cm³/mol. The molecule has 0 radical (unpaired) electrons. The molecule has 1 spiro atoms. The highest BCUT2D eigenvalue weighted by Crippen LogP contribution is 2.46. The van der Waals surface area contributed by atoms with Crippen LogP contribution in [0.3, 0.4) is 0 Å². The van der Waals surface area contributed by atoms with Crippen molar-refractivity contribution in [1.82, 2.24) is 4.90 Å². The lowest BCUT2D eigenvalue weighted by Crippen LogP contribution is -2.44. The van der Waals surface area contributed by atoms with E-state index in [-0.39, 0.29) is 0 Å². The number of likely N-dealkylation sites (tertiary alicyclic amines) is 1. The number of rotatable bonds is 3. The van der Waals surface area contributed by atoms with Crippen molar-refractivity contribution in [2.45, 2.75) is 57.9 Å². The first kappa shape index (κ1) is 11.9. The third-order valence-corrected chi connectivity index (χ3v) is 4.66. The van der Waals surface area contributed by atoms with Crippen molar-refractivity contribution in [2.75, 3.05) is 13.1 Å². The van der Waals surface area contributed by atoms with Gasteiger partial charge in [0.2, 0.25) is 0 Å². The van der Waals surface area contributed by atoms with E-state index < -0.39 is 0 Å². The molecule has 1 saturated heterocycles. The third-order valence-electron chi connectivity index (χ3n) is 4.66. The first-order valence-electron chi connectivity index (χ1n) is 6.68. The van der Waals surface area contributed by atoms with Gasteiger partial charge in [0.25, 0.3) is 0 Å². The van der Waals surface area contributed by atoms with Gasteiger partial charge in [0.05, 0.1) is 5.84 Å². The molecule has 1 unspecified atom stereocenters. The molecule has 2 fully saturated rings. The molecule has 0 aromatic rings. The van der Waals surface area contributed by atoms with Crippen LogP contribution in [0.15, 0.2) is 0 Å². The van der Waals surface area contributed by atoms with E-state index in [1.165, 1.54) is 51.6 Å². The monoisotopic (exact) mass is 223 g/mol. The Hall–Kier alpha value is -0.570. The van der Waals surface area contributed by atoms with Gasteiger partial charge in [-0.15, -0.1) is 0 Å². The van der Waals surface area contributed by atoms with E-state index in [4.69, 9.17) is 11.1 Å². The van der Waals surface area contributed by atoms with Crippen LogP contribution in [0.1, 0.15) is 51.9 Å². The van der Waals surface area contributed by atoms with Crippen molar-refractivity contribution in [3.05, 3.63) is 0 Å². The fourth-order valence-corrected chi connectivity index (χ4v) is 3.51. The predicted octanol–water partition coefficient (Wildman–Crippen LogP) is 2.36. The van der Waals surface area contributed by atoms with Crippen LogP contribution in [0.4, 0.5) is 0 Å². The molecule has 1 saturated carbocycles. The molecular weight excluding hydrogens is 198 g/mol. The van der Waals surface area contributed by atoms with Crippen LogP contribution in [0.2, 0.25) is 0 Å². The Morgan fingerprint density at radius 1 is 1.25 bits per heavy atom. The first-order chi connectivity index (χ1) is 7.61. The molecule has 1 heterocycles. The molecule has 0 bridgehead atoms. The van der Waals surface area contributed by atoms with Crippen molar-refractivity contribution in [3.8, 4) is 0 Å². The summed E-state index contributed by atoms with van der Waals surface area (Å²) < 4.78 is 0. The quantitative estimate of drug-likeness (QED) is 0.570. The fraction of sp³-hybridized carbons (Fsp3) is 0.923. The topological polar surface area (TPSA) is 53.1 Å². The average molecular weight is 223 g/mol. The van der Waals surface area contributed by atoms with Crippen molar-refractivity contribution >= 4 is 5.84 Å². The van der Waals surface area contributed by atoms with E-state index in [1.54, 1.807) is 0 Å². The summed E-state index contributed by atoms with van der Waals surface area (Å²) in [4.78, 5) is 2.52. The molecule has 3 heteroatoms. The molecule has 0 amide bonds. The van der Waals surface area contributed by atoms with Gasteiger partial charge in [-0.2, -0.15) is 0 Å². The van der Waals surface area contributed by atoms with Gasteiger partial charge in [-0.3, -0.25) is 5.41 Å². The number of nitrogens with two attached hydrogens (primary N) is 1. The molecule has 2 rings (SSSR count). The summed E-state index contributed by atoms with van der Waals surface area (Å²) in [6, 6.07) is 0.455. The van der Waals surface area contributed by atoms with Gasteiger partial charge < -0.3 is 10.6 Å². The first-order valence-corrected chi connectivity index (χ1v) is 6.68. The standard InChI is InChI=1S/C13H25N3/c1-11(10-12(14)15)16-8-6-13(7-9-16)4-2-3-5-13/h11H,2-10H2,1H3,(H3,14,15). The largest absolute Gasteiger partial charge is 0.388 e. The van der Waals surface area contributed by atoms with Crippen LogP contribution in [0.25, 0.3) is 0 Å². The molecule has 3 N–H and O–H groups in total. The second kappa shape index (κ2) is 4.74. The Kier molecular flexibility index (Phi) is 3.53. The van der Waals surface area contributed by atoms with Gasteiger partial charge in [0.1, 0.15) is 0 Å². The minimum absolute atomic E-state index is 0.327. The van der Waals surface area contributed by atoms with Gasteiger partial charge in [-0.1, -0.05) is 12.8 Å². The molecular formula is C13H25N3. The number of nitrogens with one attached hydrogen (secondary N) is 1. The van der Waals surface area contributed by atoms with E-state index in [1.807, 2.05) is 0 Å². The summed E-state index contributed by atoms with van der Waals surface area (Å²) >= 11 is 0. The van der Waals surface area contributed by atoms with Crippen molar-refractivity contribution in [2.24, 2.45) is 11.1 Å². The van der Waals surface area contributed by atoms with Crippen LogP contribution in [-0.2, 0) is 0 Å². The zero-order valence-electron chi connectivity index (χ0n) is 10.5. The third kappa shape index (κ3) is 2.57. The summed E-state index contributed by atoms with van der Waals surface area (Å²) in [5, 5.41) is 7.35. The summed E-state index contributed by atoms with van der Waals surface area (Å²) in [6.07, 6.45) is 9.29. The van der Waals surface area contributed by atoms with E-state index >= 15 is 0 Å². The number of hydrogen-bond donors (Lipinski definition) is 2. The second-order valence-corrected chi connectivity index (χ2v) is 5.82. The molecule has 0 aromatic heterocycles. The van der Waals surface area contributed by atoms with Gasteiger partial charge in [0.15, 0.2) is 0 Å². The Labute approximate surface area is 98.9 Å². The molecule has 2 aliphatic rings. The minimum atomic E-state index is 0.327. The number of hydrogen-bond acceptors (Lipinski definition) is 2. The lowest BCUT2D eigenvalue weighted by atomic mass is 9.77. The molecule has 0 aromatic carbocycles. The molecule has 92 valence electrons. The van der Waals surface area contributed by atoms with Crippen molar-refractivity contribution in [1.29, 1.82) is 5.41 Å². The fourth-order valence-electron chi connectivity index (χ4n) is 3.51. The zero-order valence-corrected chi connectivity index (χ0v) is 10.5. The maximum Gasteiger partial charge on any atom is 0.0920 e. The Morgan fingerprint density at radius 2 is 1.81 bits per heavy atom. The normalized spacial score (nSPS) is 27.1. The zero-order chi connectivity index (χ0) is 11.6. The highest BCUT2D eigenvalue weighted by Gasteiger charge is 2.37. The van der Waals surface area contributed by atoms with Crippen LogP contribution < -0.4 is 5.73 Å².